The Bertz CT molecular complexity index is 1010. The van der Waals surface area contributed by atoms with Gasteiger partial charge in [0.25, 0.3) is 5.91 Å². The molecule has 1 fully saturated rings. The SMILES string of the molecule is COCCCn1c(-c2ccc(CN3CCOCC3)cc2)nc2c(C(N)=O)ccnc21. The molecule has 0 saturated carbocycles. The summed E-state index contributed by atoms with van der Waals surface area (Å²) in [7, 11) is 1.68. The van der Waals surface area contributed by atoms with E-state index in [0.29, 0.717) is 29.9 Å². The standard InChI is InChI=1S/C22H27N5O3/c1-29-12-2-9-27-21(25-19-18(20(23)28)7-8-24-22(19)27)17-5-3-16(4-6-17)15-26-10-13-30-14-11-26/h3-8H,2,9-15H2,1H3,(H2,23,28). The van der Waals surface area contributed by atoms with Crippen LogP contribution in [0.1, 0.15) is 22.3 Å². The molecule has 0 atom stereocenters. The number of aromatic nitrogens is 3. The van der Waals surface area contributed by atoms with Crippen molar-refractivity contribution < 1.29 is 14.3 Å². The van der Waals surface area contributed by atoms with Crippen LogP contribution in [-0.2, 0) is 22.6 Å². The van der Waals surface area contributed by atoms with Gasteiger partial charge in [0, 0.05) is 51.7 Å². The quantitative estimate of drug-likeness (QED) is 0.572. The van der Waals surface area contributed by atoms with E-state index in [9.17, 15) is 4.79 Å². The van der Waals surface area contributed by atoms with Crippen molar-refractivity contribution in [2.75, 3.05) is 40.0 Å². The third-order valence-corrected chi connectivity index (χ3v) is 5.35. The summed E-state index contributed by atoms with van der Waals surface area (Å²) in [4.78, 5) is 23.5. The van der Waals surface area contributed by atoms with Crippen molar-refractivity contribution in [2.24, 2.45) is 5.73 Å². The van der Waals surface area contributed by atoms with Crippen molar-refractivity contribution in [1.82, 2.24) is 19.4 Å². The number of nitrogens with zero attached hydrogens (tertiary/aromatic N) is 4. The molecule has 3 heterocycles. The van der Waals surface area contributed by atoms with Crippen molar-refractivity contribution in [1.29, 1.82) is 0 Å². The lowest BCUT2D eigenvalue weighted by Crippen LogP contribution is -2.35. The summed E-state index contributed by atoms with van der Waals surface area (Å²) in [6.07, 6.45) is 2.42. The summed E-state index contributed by atoms with van der Waals surface area (Å²) in [6, 6.07) is 10.0. The fourth-order valence-electron chi connectivity index (χ4n) is 3.79. The number of nitrogens with two attached hydrogens (primary N) is 1. The van der Waals surface area contributed by atoms with E-state index in [2.05, 4.69) is 34.1 Å². The second-order valence-corrected chi connectivity index (χ2v) is 7.41. The molecule has 158 valence electrons. The van der Waals surface area contributed by atoms with Gasteiger partial charge in [-0.15, -0.1) is 0 Å². The first-order valence-corrected chi connectivity index (χ1v) is 10.2. The first-order chi connectivity index (χ1) is 14.7. The summed E-state index contributed by atoms with van der Waals surface area (Å²) in [6.45, 7) is 5.72. The number of carbonyl (C=O) groups is 1. The van der Waals surface area contributed by atoms with E-state index in [1.54, 1.807) is 19.4 Å². The number of amides is 1. The van der Waals surface area contributed by atoms with Crippen LogP contribution in [0.15, 0.2) is 36.5 Å². The Labute approximate surface area is 175 Å². The second-order valence-electron chi connectivity index (χ2n) is 7.41. The van der Waals surface area contributed by atoms with Gasteiger partial charge in [0.15, 0.2) is 5.65 Å². The molecule has 1 saturated heterocycles. The Morgan fingerprint density at radius 2 is 1.97 bits per heavy atom. The minimum atomic E-state index is -0.503. The predicted octanol–water partition coefficient (Wildman–Crippen LogP) is 2.07. The van der Waals surface area contributed by atoms with Crippen LogP contribution < -0.4 is 5.73 Å². The van der Waals surface area contributed by atoms with Crippen molar-refractivity contribution >= 4 is 17.1 Å². The van der Waals surface area contributed by atoms with Crippen LogP contribution in [0.5, 0.6) is 0 Å². The normalized spacial score (nSPS) is 15.0. The smallest absolute Gasteiger partial charge is 0.251 e. The van der Waals surface area contributed by atoms with Crippen molar-refractivity contribution in [2.45, 2.75) is 19.5 Å². The molecule has 1 aliphatic rings. The predicted molar refractivity (Wildman–Crippen MR) is 114 cm³/mol. The van der Waals surface area contributed by atoms with Gasteiger partial charge in [-0.25, -0.2) is 9.97 Å². The fourth-order valence-corrected chi connectivity index (χ4v) is 3.79. The van der Waals surface area contributed by atoms with Gasteiger partial charge in [-0.1, -0.05) is 24.3 Å². The van der Waals surface area contributed by atoms with Gasteiger partial charge in [0.1, 0.15) is 11.3 Å². The van der Waals surface area contributed by atoms with Crippen LogP contribution in [0, 0.1) is 0 Å². The number of pyridine rings is 1. The van der Waals surface area contributed by atoms with E-state index < -0.39 is 5.91 Å². The molecule has 0 radical (unpaired) electrons. The van der Waals surface area contributed by atoms with Crippen molar-refractivity contribution in [3.05, 3.63) is 47.7 Å². The van der Waals surface area contributed by atoms with E-state index in [0.717, 1.165) is 50.7 Å². The molecular weight excluding hydrogens is 382 g/mol. The molecule has 1 amide bonds. The highest BCUT2D eigenvalue weighted by Gasteiger charge is 2.18. The van der Waals surface area contributed by atoms with Gasteiger partial charge in [-0.3, -0.25) is 9.69 Å². The monoisotopic (exact) mass is 409 g/mol. The summed E-state index contributed by atoms with van der Waals surface area (Å²) in [5.41, 5.74) is 9.37. The summed E-state index contributed by atoms with van der Waals surface area (Å²) >= 11 is 0. The Morgan fingerprint density at radius 3 is 2.67 bits per heavy atom. The Balaban J connectivity index is 1.67. The number of fused-ring (bicyclic) bond motifs is 1. The molecule has 3 aromatic rings. The number of rotatable bonds is 8. The van der Waals surface area contributed by atoms with Crippen LogP contribution in [-0.4, -0.2) is 65.4 Å². The summed E-state index contributed by atoms with van der Waals surface area (Å²) in [5.74, 6) is 0.275. The van der Waals surface area contributed by atoms with E-state index in [-0.39, 0.29) is 0 Å². The van der Waals surface area contributed by atoms with Crippen LogP contribution in [0.3, 0.4) is 0 Å². The zero-order valence-corrected chi connectivity index (χ0v) is 17.2. The maximum Gasteiger partial charge on any atom is 0.251 e. The van der Waals surface area contributed by atoms with E-state index in [1.807, 2.05) is 4.57 Å². The summed E-state index contributed by atoms with van der Waals surface area (Å²) in [5, 5.41) is 0. The third kappa shape index (κ3) is 4.35. The molecule has 0 spiro atoms. The molecule has 2 aromatic heterocycles. The minimum absolute atomic E-state index is 0.385. The lowest BCUT2D eigenvalue weighted by Gasteiger charge is -2.26. The molecular formula is C22H27N5O3. The lowest BCUT2D eigenvalue weighted by molar-refractivity contribution is 0.0342. The lowest BCUT2D eigenvalue weighted by atomic mass is 10.1. The number of primary amides is 1. The Kier molecular flexibility index (Phi) is 6.37. The van der Waals surface area contributed by atoms with E-state index >= 15 is 0 Å². The molecule has 0 aliphatic carbocycles. The topological polar surface area (TPSA) is 95.5 Å². The number of methoxy groups -OCH3 is 1. The highest BCUT2D eigenvalue weighted by molar-refractivity contribution is 6.03. The number of ether oxygens (including phenoxy) is 2. The van der Waals surface area contributed by atoms with Crippen LogP contribution in [0.2, 0.25) is 0 Å². The molecule has 1 aromatic carbocycles. The summed E-state index contributed by atoms with van der Waals surface area (Å²) < 4.78 is 12.7. The highest BCUT2D eigenvalue weighted by atomic mass is 16.5. The van der Waals surface area contributed by atoms with Crippen LogP contribution in [0.4, 0.5) is 0 Å². The van der Waals surface area contributed by atoms with Crippen LogP contribution >= 0.6 is 0 Å². The number of morpholine rings is 1. The molecule has 30 heavy (non-hydrogen) atoms. The number of hydrogen-bond acceptors (Lipinski definition) is 6. The first kappa shape index (κ1) is 20.5. The maximum absolute atomic E-state index is 11.9. The van der Waals surface area contributed by atoms with Gasteiger partial charge >= 0.3 is 0 Å². The van der Waals surface area contributed by atoms with E-state index in [1.165, 1.54) is 5.56 Å². The average Bonchev–Trinajstić information content (AvgIpc) is 3.14. The van der Waals surface area contributed by atoms with Crippen molar-refractivity contribution in [3.63, 3.8) is 0 Å². The Morgan fingerprint density at radius 1 is 1.20 bits per heavy atom. The van der Waals surface area contributed by atoms with Crippen molar-refractivity contribution in [3.8, 4) is 11.4 Å². The second kappa shape index (κ2) is 9.34. The number of benzene rings is 1. The molecule has 0 bridgehead atoms. The largest absolute Gasteiger partial charge is 0.385 e. The zero-order valence-electron chi connectivity index (χ0n) is 17.2. The highest BCUT2D eigenvalue weighted by Crippen LogP contribution is 2.26. The maximum atomic E-state index is 11.9. The molecule has 1 aliphatic heterocycles. The van der Waals surface area contributed by atoms with Crippen LogP contribution in [0.25, 0.3) is 22.6 Å². The first-order valence-electron chi connectivity index (χ1n) is 10.2. The fraction of sp³-hybridized carbons (Fsp3) is 0.409. The number of hydrogen-bond donors (Lipinski definition) is 1. The number of carbonyl (C=O) groups excluding carboxylic acids is 1. The molecule has 4 rings (SSSR count). The molecule has 0 unspecified atom stereocenters. The van der Waals surface area contributed by atoms with Gasteiger partial charge in [-0.2, -0.15) is 0 Å². The van der Waals surface area contributed by atoms with Gasteiger partial charge < -0.3 is 19.8 Å². The number of aryl methyl sites for hydroxylation is 1. The molecule has 8 heteroatoms. The van der Waals surface area contributed by atoms with Gasteiger partial charge in [0.2, 0.25) is 0 Å². The Hall–Kier alpha value is -2.81. The third-order valence-electron chi connectivity index (χ3n) is 5.35. The minimum Gasteiger partial charge on any atom is -0.385 e. The molecule has 8 nitrogen and oxygen atoms in total. The number of imidazole rings is 1. The average molecular weight is 409 g/mol. The van der Waals surface area contributed by atoms with E-state index in [4.69, 9.17) is 20.2 Å². The zero-order chi connectivity index (χ0) is 20.9. The van der Waals surface area contributed by atoms with Gasteiger partial charge in [0.05, 0.1) is 18.8 Å². The molecule has 2 N–H and O–H groups in total. The van der Waals surface area contributed by atoms with Gasteiger partial charge in [-0.05, 0) is 18.1 Å².